The average Bonchev–Trinajstić information content (AvgIpc) is 2.26. The van der Waals surface area contributed by atoms with Gasteiger partial charge in [-0.15, -0.1) is 0 Å². The quantitative estimate of drug-likeness (QED) is 0.795. The molecule has 0 bridgehead atoms. The normalized spacial score (nSPS) is 13.4. The van der Waals surface area contributed by atoms with Crippen LogP contribution in [0.15, 0.2) is 17.2 Å². The summed E-state index contributed by atoms with van der Waals surface area (Å²) in [4.78, 5) is 4.20. The molecule has 0 aromatic carbocycles. The Kier molecular flexibility index (Phi) is 4.47. The van der Waals surface area contributed by atoms with E-state index in [1.165, 1.54) is 12.3 Å². The van der Waals surface area contributed by atoms with E-state index in [0.29, 0.717) is 18.1 Å². The van der Waals surface area contributed by atoms with Crippen LogP contribution in [0, 0.1) is 6.92 Å². The fourth-order valence-electron chi connectivity index (χ4n) is 1.23. The van der Waals surface area contributed by atoms with Gasteiger partial charge >= 0.3 is 0 Å². The van der Waals surface area contributed by atoms with E-state index in [1.54, 1.807) is 14.0 Å². The van der Waals surface area contributed by atoms with Crippen molar-refractivity contribution in [2.24, 2.45) is 0 Å². The molecular formula is C11H17NO4S. The standard InChI is InChI=1S/C11H17NO4S/c1-8(15-3)7-16-10-5-11(17(4,13)14)9(2)12-6-10/h5-6,8H,7H2,1-4H3/t8-/m1/s1. The molecule has 6 heteroatoms. The van der Waals surface area contributed by atoms with Gasteiger partial charge in [0.2, 0.25) is 0 Å². The Morgan fingerprint density at radius 2 is 2.12 bits per heavy atom. The number of aryl methyl sites for hydroxylation is 1. The van der Waals surface area contributed by atoms with Crippen molar-refractivity contribution in [2.75, 3.05) is 20.0 Å². The Morgan fingerprint density at radius 1 is 1.47 bits per heavy atom. The van der Waals surface area contributed by atoms with Gasteiger partial charge in [-0.3, -0.25) is 4.98 Å². The van der Waals surface area contributed by atoms with Gasteiger partial charge in [0.25, 0.3) is 0 Å². The molecule has 96 valence electrons. The average molecular weight is 259 g/mol. The molecule has 0 amide bonds. The van der Waals surface area contributed by atoms with Gasteiger partial charge in [0.05, 0.1) is 22.9 Å². The lowest BCUT2D eigenvalue weighted by atomic mass is 10.3. The highest BCUT2D eigenvalue weighted by molar-refractivity contribution is 7.90. The molecule has 0 aliphatic rings. The fraction of sp³-hybridized carbons (Fsp3) is 0.545. The summed E-state index contributed by atoms with van der Waals surface area (Å²) >= 11 is 0. The van der Waals surface area contributed by atoms with E-state index in [-0.39, 0.29) is 11.0 Å². The van der Waals surface area contributed by atoms with Crippen LogP contribution in [0.5, 0.6) is 5.75 Å². The molecule has 17 heavy (non-hydrogen) atoms. The molecule has 0 spiro atoms. The van der Waals surface area contributed by atoms with Crippen LogP contribution in [0.4, 0.5) is 0 Å². The summed E-state index contributed by atoms with van der Waals surface area (Å²) in [6.45, 7) is 3.86. The van der Waals surface area contributed by atoms with Crippen molar-refractivity contribution in [3.63, 3.8) is 0 Å². The Hall–Kier alpha value is -1.14. The van der Waals surface area contributed by atoms with Gasteiger partial charge < -0.3 is 9.47 Å². The first-order valence-corrected chi connectivity index (χ1v) is 7.06. The van der Waals surface area contributed by atoms with E-state index < -0.39 is 9.84 Å². The third-order valence-electron chi connectivity index (χ3n) is 2.30. The maximum atomic E-state index is 11.5. The first kappa shape index (κ1) is 13.9. The smallest absolute Gasteiger partial charge is 0.177 e. The van der Waals surface area contributed by atoms with Gasteiger partial charge in [0.15, 0.2) is 9.84 Å². The van der Waals surface area contributed by atoms with Gasteiger partial charge in [-0.25, -0.2) is 8.42 Å². The van der Waals surface area contributed by atoms with Crippen LogP contribution in [0.2, 0.25) is 0 Å². The lowest BCUT2D eigenvalue weighted by molar-refractivity contribution is 0.0714. The van der Waals surface area contributed by atoms with Crippen LogP contribution < -0.4 is 4.74 Å². The highest BCUT2D eigenvalue weighted by Gasteiger charge is 2.13. The molecule has 1 heterocycles. The van der Waals surface area contributed by atoms with Crippen molar-refractivity contribution < 1.29 is 17.9 Å². The third-order valence-corrected chi connectivity index (χ3v) is 3.51. The van der Waals surface area contributed by atoms with Gasteiger partial charge in [-0.1, -0.05) is 0 Å². The van der Waals surface area contributed by atoms with Crippen LogP contribution in [-0.4, -0.2) is 39.5 Å². The SMILES string of the molecule is CO[C@H](C)COc1cnc(C)c(S(C)(=O)=O)c1. The first-order valence-electron chi connectivity index (χ1n) is 5.17. The van der Waals surface area contributed by atoms with Crippen LogP contribution in [-0.2, 0) is 14.6 Å². The number of hydrogen-bond acceptors (Lipinski definition) is 5. The van der Waals surface area contributed by atoms with Crippen molar-refractivity contribution >= 4 is 9.84 Å². The Bertz CT molecular complexity index is 484. The Balaban J connectivity index is 2.90. The summed E-state index contributed by atoms with van der Waals surface area (Å²) < 4.78 is 33.4. The number of nitrogens with zero attached hydrogens (tertiary/aromatic N) is 1. The lowest BCUT2D eigenvalue weighted by Gasteiger charge is -2.12. The van der Waals surface area contributed by atoms with Gasteiger partial charge in [0, 0.05) is 19.4 Å². The Labute approximate surface area is 102 Å². The summed E-state index contributed by atoms with van der Waals surface area (Å²) in [6.07, 6.45) is 2.60. The van der Waals surface area contributed by atoms with Gasteiger partial charge in [-0.2, -0.15) is 0 Å². The zero-order valence-electron chi connectivity index (χ0n) is 10.4. The molecule has 5 nitrogen and oxygen atoms in total. The van der Waals surface area contributed by atoms with E-state index in [1.807, 2.05) is 6.92 Å². The van der Waals surface area contributed by atoms with Gasteiger partial charge in [-0.05, 0) is 13.8 Å². The minimum Gasteiger partial charge on any atom is -0.489 e. The van der Waals surface area contributed by atoms with Gasteiger partial charge in [0.1, 0.15) is 12.4 Å². The van der Waals surface area contributed by atoms with E-state index in [4.69, 9.17) is 9.47 Å². The summed E-state index contributed by atoms with van der Waals surface area (Å²) in [7, 11) is -1.69. The molecule has 1 aromatic heterocycles. The fourth-order valence-corrected chi connectivity index (χ4v) is 2.15. The summed E-state index contributed by atoms with van der Waals surface area (Å²) in [5.74, 6) is 0.430. The number of pyridine rings is 1. The maximum absolute atomic E-state index is 11.5. The molecule has 0 aliphatic carbocycles. The van der Waals surface area contributed by atoms with E-state index in [2.05, 4.69) is 4.98 Å². The predicted octanol–water partition coefficient (Wildman–Crippen LogP) is 1.21. The molecule has 0 saturated heterocycles. The zero-order valence-corrected chi connectivity index (χ0v) is 11.2. The largest absolute Gasteiger partial charge is 0.489 e. The van der Waals surface area contributed by atoms with Crippen molar-refractivity contribution in [3.8, 4) is 5.75 Å². The third kappa shape index (κ3) is 3.98. The summed E-state index contributed by atoms with van der Waals surface area (Å²) in [5.41, 5.74) is 0.472. The number of rotatable bonds is 5. The summed E-state index contributed by atoms with van der Waals surface area (Å²) in [6, 6.07) is 1.49. The number of aromatic nitrogens is 1. The second-order valence-corrected chi connectivity index (χ2v) is 5.87. The summed E-state index contributed by atoms with van der Waals surface area (Å²) in [5, 5.41) is 0. The maximum Gasteiger partial charge on any atom is 0.177 e. The van der Waals surface area contributed by atoms with Crippen LogP contribution in [0.25, 0.3) is 0 Å². The number of sulfone groups is 1. The van der Waals surface area contributed by atoms with Crippen molar-refractivity contribution in [1.29, 1.82) is 0 Å². The van der Waals surface area contributed by atoms with Crippen molar-refractivity contribution in [3.05, 3.63) is 18.0 Å². The van der Waals surface area contributed by atoms with Crippen LogP contribution in [0.3, 0.4) is 0 Å². The lowest BCUT2D eigenvalue weighted by Crippen LogP contribution is -2.16. The van der Waals surface area contributed by atoms with Crippen LogP contribution in [0.1, 0.15) is 12.6 Å². The zero-order chi connectivity index (χ0) is 13.1. The van der Waals surface area contributed by atoms with Crippen molar-refractivity contribution in [2.45, 2.75) is 24.8 Å². The molecular weight excluding hydrogens is 242 g/mol. The second-order valence-electron chi connectivity index (χ2n) is 3.88. The molecule has 1 aromatic rings. The minimum absolute atomic E-state index is 0.0574. The topological polar surface area (TPSA) is 65.5 Å². The van der Waals surface area contributed by atoms with Crippen LogP contribution >= 0.6 is 0 Å². The molecule has 1 atom stereocenters. The molecule has 1 rings (SSSR count). The predicted molar refractivity (Wildman–Crippen MR) is 64.0 cm³/mol. The van der Waals surface area contributed by atoms with E-state index in [9.17, 15) is 8.42 Å². The van der Waals surface area contributed by atoms with Crippen molar-refractivity contribution in [1.82, 2.24) is 4.98 Å². The molecule has 0 aliphatic heterocycles. The molecule has 0 N–H and O–H groups in total. The monoisotopic (exact) mass is 259 g/mol. The highest BCUT2D eigenvalue weighted by Crippen LogP contribution is 2.19. The molecule has 0 radical (unpaired) electrons. The molecule has 0 unspecified atom stereocenters. The number of hydrogen-bond donors (Lipinski definition) is 0. The molecule has 0 fully saturated rings. The van der Waals surface area contributed by atoms with E-state index in [0.717, 1.165) is 6.26 Å². The first-order chi connectivity index (χ1) is 7.84. The second kappa shape index (κ2) is 5.46. The van der Waals surface area contributed by atoms with E-state index >= 15 is 0 Å². The minimum atomic E-state index is -3.27. The highest BCUT2D eigenvalue weighted by atomic mass is 32.2. The Morgan fingerprint density at radius 3 is 2.65 bits per heavy atom. The number of ether oxygens (including phenoxy) is 2. The molecule has 0 saturated carbocycles. The number of methoxy groups -OCH3 is 1.